The largest absolute Gasteiger partial charge is 0.311 e. The second-order valence-electron chi connectivity index (χ2n) is 4.48. The lowest BCUT2D eigenvalue weighted by Crippen LogP contribution is -2.37. The molecule has 3 heterocycles. The molecular formula is C11H15N3. The number of fused-ring (bicyclic) bond motifs is 2. The minimum Gasteiger partial charge on any atom is -0.311 e. The molecule has 0 amide bonds. The van der Waals surface area contributed by atoms with Crippen LogP contribution in [0.15, 0.2) is 18.7 Å². The maximum atomic E-state index is 4.10. The lowest BCUT2D eigenvalue weighted by molar-refractivity contribution is 0.362. The molecule has 2 saturated heterocycles. The summed E-state index contributed by atoms with van der Waals surface area (Å²) in [6, 6.07) is 1.50. The molecule has 3 nitrogen and oxygen atoms in total. The topological polar surface area (TPSA) is 37.8 Å². The van der Waals surface area contributed by atoms with E-state index >= 15 is 0 Å². The Labute approximate surface area is 84.0 Å². The van der Waals surface area contributed by atoms with E-state index in [0.29, 0.717) is 5.92 Å². The van der Waals surface area contributed by atoms with Crippen LogP contribution in [0.3, 0.4) is 0 Å². The summed E-state index contributed by atoms with van der Waals surface area (Å²) in [4.78, 5) is 8.20. The average Bonchev–Trinajstić information content (AvgIpc) is 2.59. The van der Waals surface area contributed by atoms with Crippen molar-refractivity contribution in [2.75, 3.05) is 0 Å². The van der Waals surface area contributed by atoms with Crippen molar-refractivity contribution in [3.63, 3.8) is 0 Å². The fourth-order valence-corrected chi connectivity index (χ4v) is 2.85. The van der Waals surface area contributed by atoms with Gasteiger partial charge in [-0.3, -0.25) is 0 Å². The molecular weight excluding hydrogens is 174 g/mol. The van der Waals surface area contributed by atoms with Gasteiger partial charge in [0.2, 0.25) is 0 Å². The molecule has 0 aromatic carbocycles. The summed E-state index contributed by atoms with van der Waals surface area (Å²) in [6.07, 6.45) is 10.8. The summed E-state index contributed by atoms with van der Waals surface area (Å²) in [5.74, 6) is 0.690. The molecule has 14 heavy (non-hydrogen) atoms. The summed E-state index contributed by atoms with van der Waals surface area (Å²) in [6.45, 7) is 0. The van der Waals surface area contributed by atoms with Gasteiger partial charge >= 0.3 is 0 Å². The van der Waals surface area contributed by atoms with Gasteiger partial charge in [0.25, 0.3) is 0 Å². The van der Waals surface area contributed by atoms with Crippen LogP contribution in [0.1, 0.15) is 37.2 Å². The van der Waals surface area contributed by atoms with Crippen LogP contribution in [0, 0.1) is 0 Å². The smallest absolute Gasteiger partial charge is 0.115 e. The first kappa shape index (κ1) is 8.36. The molecule has 2 aliphatic rings. The van der Waals surface area contributed by atoms with Crippen molar-refractivity contribution in [3.8, 4) is 0 Å². The molecule has 74 valence electrons. The van der Waals surface area contributed by atoms with Crippen LogP contribution < -0.4 is 5.32 Å². The van der Waals surface area contributed by atoms with Gasteiger partial charge in [-0.05, 0) is 37.2 Å². The third-order valence-electron chi connectivity index (χ3n) is 3.53. The summed E-state index contributed by atoms with van der Waals surface area (Å²) in [5.41, 5.74) is 1.32. The van der Waals surface area contributed by atoms with Crippen LogP contribution in [0.4, 0.5) is 0 Å². The van der Waals surface area contributed by atoms with Gasteiger partial charge in [0.1, 0.15) is 6.33 Å². The summed E-state index contributed by atoms with van der Waals surface area (Å²) in [7, 11) is 0. The van der Waals surface area contributed by atoms with Gasteiger partial charge in [-0.15, -0.1) is 0 Å². The number of aromatic nitrogens is 2. The molecule has 2 fully saturated rings. The van der Waals surface area contributed by atoms with Crippen molar-refractivity contribution >= 4 is 0 Å². The highest BCUT2D eigenvalue weighted by Crippen LogP contribution is 2.36. The number of piperidine rings is 1. The van der Waals surface area contributed by atoms with Gasteiger partial charge in [0, 0.05) is 24.5 Å². The zero-order valence-electron chi connectivity index (χ0n) is 8.19. The number of rotatable bonds is 1. The van der Waals surface area contributed by atoms with Crippen LogP contribution in [0.2, 0.25) is 0 Å². The minimum absolute atomic E-state index is 0.690. The van der Waals surface area contributed by atoms with Gasteiger partial charge in [0.15, 0.2) is 0 Å². The third kappa shape index (κ3) is 1.42. The van der Waals surface area contributed by atoms with Gasteiger partial charge in [0.05, 0.1) is 0 Å². The van der Waals surface area contributed by atoms with Crippen LogP contribution in [0.5, 0.6) is 0 Å². The van der Waals surface area contributed by atoms with Crippen molar-refractivity contribution in [3.05, 3.63) is 24.3 Å². The van der Waals surface area contributed by atoms with Crippen LogP contribution >= 0.6 is 0 Å². The fraction of sp³-hybridized carbons (Fsp3) is 0.636. The molecule has 0 saturated carbocycles. The Morgan fingerprint density at radius 2 is 1.71 bits per heavy atom. The first-order valence-corrected chi connectivity index (χ1v) is 5.43. The molecule has 1 N–H and O–H groups in total. The Bertz CT molecular complexity index is 300. The first-order valence-electron chi connectivity index (χ1n) is 5.43. The molecule has 0 unspecified atom stereocenters. The molecule has 1 aromatic heterocycles. The quantitative estimate of drug-likeness (QED) is 0.727. The van der Waals surface area contributed by atoms with Crippen LogP contribution in [0.25, 0.3) is 0 Å². The van der Waals surface area contributed by atoms with E-state index in [1.807, 2.05) is 12.4 Å². The second-order valence-corrected chi connectivity index (χ2v) is 4.48. The molecule has 2 aliphatic heterocycles. The van der Waals surface area contributed by atoms with Gasteiger partial charge in [-0.2, -0.15) is 0 Å². The number of nitrogens with zero attached hydrogens (tertiary/aromatic N) is 2. The number of nitrogens with one attached hydrogen (secondary N) is 1. The van der Waals surface area contributed by atoms with Gasteiger partial charge < -0.3 is 5.32 Å². The Morgan fingerprint density at radius 1 is 1.07 bits per heavy atom. The third-order valence-corrected chi connectivity index (χ3v) is 3.53. The number of hydrogen-bond donors (Lipinski definition) is 1. The highest BCUT2D eigenvalue weighted by atomic mass is 15.0. The molecule has 3 atom stereocenters. The number of hydrogen-bond acceptors (Lipinski definition) is 3. The van der Waals surface area contributed by atoms with E-state index in [4.69, 9.17) is 0 Å². The maximum Gasteiger partial charge on any atom is 0.115 e. The molecule has 0 aliphatic carbocycles. The SMILES string of the molecule is c1ncc([C@H]2C[C@H]3CC[C@@H](C2)N3)cn1. The molecule has 3 heteroatoms. The average molecular weight is 189 g/mol. The van der Waals surface area contributed by atoms with E-state index < -0.39 is 0 Å². The van der Waals surface area contributed by atoms with Crippen LogP contribution in [-0.4, -0.2) is 22.1 Å². The van der Waals surface area contributed by atoms with E-state index in [1.54, 1.807) is 6.33 Å². The van der Waals surface area contributed by atoms with E-state index in [9.17, 15) is 0 Å². The summed E-state index contributed by atoms with van der Waals surface area (Å²) in [5, 5.41) is 3.65. The van der Waals surface area contributed by atoms with Crippen molar-refractivity contribution in [2.24, 2.45) is 0 Å². The predicted octanol–water partition coefficient (Wildman–Crippen LogP) is 1.47. The van der Waals surface area contributed by atoms with E-state index in [2.05, 4.69) is 15.3 Å². The zero-order valence-corrected chi connectivity index (χ0v) is 8.19. The Balaban J connectivity index is 1.81. The Hall–Kier alpha value is -0.960. The van der Waals surface area contributed by atoms with Crippen molar-refractivity contribution in [1.29, 1.82) is 0 Å². The van der Waals surface area contributed by atoms with E-state index in [-0.39, 0.29) is 0 Å². The zero-order chi connectivity index (χ0) is 9.38. The monoisotopic (exact) mass is 189 g/mol. The van der Waals surface area contributed by atoms with Crippen molar-refractivity contribution in [2.45, 2.75) is 43.7 Å². The van der Waals surface area contributed by atoms with E-state index in [1.165, 1.54) is 31.2 Å². The molecule has 2 bridgehead atoms. The van der Waals surface area contributed by atoms with Gasteiger partial charge in [-0.25, -0.2) is 9.97 Å². The van der Waals surface area contributed by atoms with Gasteiger partial charge in [-0.1, -0.05) is 0 Å². The van der Waals surface area contributed by atoms with E-state index in [0.717, 1.165) is 12.1 Å². The highest BCUT2D eigenvalue weighted by Gasteiger charge is 2.34. The lowest BCUT2D eigenvalue weighted by Gasteiger charge is -2.28. The normalized spacial score (nSPS) is 35.9. The summed E-state index contributed by atoms with van der Waals surface area (Å²) >= 11 is 0. The maximum absolute atomic E-state index is 4.10. The Kier molecular flexibility index (Phi) is 1.98. The van der Waals surface area contributed by atoms with Crippen molar-refractivity contribution in [1.82, 2.24) is 15.3 Å². The molecule has 0 radical (unpaired) electrons. The summed E-state index contributed by atoms with van der Waals surface area (Å²) < 4.78 is 0. The second kappa shape index (κ2) is 3.31. The molecule has 0 spiro atoms. The predicted molar refractivity (Wildman–Crippen MR) is 54.0 cm³/mol. The van der Waals surface area contributed by atoms with Crippen LogP contribution in [-0.2, 0) is 0 Å². The molecule has 3 rings (SSSR count). The first-order chi connectivity index (χ1) is 6.92. The highest BCUT2D eigenvalue weighted by molar-refractivity contribution is 5.14. The minimum atomic E-state index is 0.690. The van der Waals surface area contributed by atoms with Crippen molar-refractivity contribution < 1.29 is 0 Å². The fourth-order valence-electron chi connectivity index (χ4n) is 2.85. The lowest BCUT2D eigenvalue weighted by atomic mass is 9.88. The Morgan fingerprint density at radius 3 is 2.36 bits per heavy atom. The molecule has 1 aromatic rings. The standard InChI is InChI=1S/C11H15N3/c1-2-11-4-8(3-10(1)14-11)9-5-12-7-13-6-9/h5-8,10-11,14H,1-4H2/t8-,10+,11-.